The molecule has 0 saturated carbocycles. The van der Waals surface area contributed by atoms with E-state index in [0.717, 1.165) is 16.6 Å². The summed E-state index contributed by atoms with van der Waals surface area (Å²) in [5.41, 5.74) is 1.12. The lowest BCUT2D eigenvalue weighted by Gasteiger charge is -2.13. The topological polar surface area (TPSA) is 43.4 Å². The van der Waals surface area contributed by atoms with Gasteiger partial charge in [0.25, 0.3) is 0 Å². The molecular weight excluding hydrogens is 260 g/mol. The predicted molar refractivity (Wildman–Crippen MR) is 61.4 cm³/mol. The Kier molecular flexibility index (Phi) is 5.78. The molecule has 0 aliphatic heterocycles. The molecule has 0 aliphatic carbocycles. The summed E-state index contributed by atoms with van der Waals surface area (Å²) in [6, 6.07) is 2.02. The van der Waals surface area contributed by atoms with E-state index in [-0.39, 0.29) is 6.29 Å². The van der Waals surface area contributed by atoms with Crippen molar-refractivity contribution in [1.29, 1.82) is 0 Å². The Morgan fingerprint density at radius 1 is 1.40 bits per heavy atom. The largest absolute Gasteiger partial charge is 0.355 e. The molecule has 0 amide bonds. The van der Waals surface area contributed by atoms with E-state index in [2.05, 4.69) is 26.2 Å². The standard InChI is InChI=1S/C10H15BrN2O2/c1-14-10(15-2)7-13-5-8-3-9(11)6-12-4-8/h3-4,6,10,13H,5,7H2,1-2H3. The smallest absolute Gasteiger partial charge is 0.169 e. The molecule has 1 N–H and O–H groups in total. The molecule has 0 spiro atoms. The molecule has 1 aromatic heterocycles. The van der Waals surface area contributed by atoms with E-state index >= 15 is 0 Å². The van der Waals surface area contributed by atoms with Crippen LogP contribution < -0.4 is 5.32 Å². The summed E-state index contributed by atoms with van der Waals surface area (Å²) >= 11 is 3.37. The van der Waals surface area contributed by atoms with E-state index in [4.69, 9.17) is 9.47 Å². The molecule has 1 rings (SSSR count). The highest BCUT2D eigenvalue weighted by Crippen LogP contribution is 2.09. The lowest BCUT2D eigenvalue weighted by molar-refractivity contribution is -0.0989. The monoisotopic (exact) mass is 274 g/mol. The zero-order valence-corrected chi connectivity index (χ0v) is 10.5. The normalized spacial score (nSPS) is 10.9. The number of pyridine rings is 1. The number of halogens is 1. The Balaban J connectivity index is 2.31. The van der Waals surface area contributed by atoms with Crippen LogP contribution in [0.25, 0.3) is 0 Å². The van der Waals surface area contributed by atoms with Gasteiger partial charge in [0, 0.05) is 44.2 Å². The Labute approximate surface area is 98.1 Å². The predicted octanol–water partition coefficient (Wildman–Crippen LogP) is 1.55. The first-order valence-electron chi connectivity index (χ1n) is 4.62. The molecule has 15 heavy (non-hydrogen) atoms. The van der Waals surface area contributed by atoms with Crippen LogP contribution in [0.4, 0.5) is 0 Å². The van der Waals surface area contributed by atoms with Crippen LogP contribution >= 0.6 is 15.9 Å². The van der Waals surface area contributed by atoms with Gasteiger partial charge in [-0.15, -0.1) is 0 Å². The highest BCUT2D eigenvalue weighted by Gasteiger charge is 2.03. The molecule has 0 radical (unpaired) electrons. The van der Waals surface area contributed by atoms with Gasteiger partial charge in [0.05, 0.1) is 0 Å². The molecule has 0 unspecified atom stereocenters. The Morgan fingerprint density at radius 3 is 2.73 bits per heavy atom. The van der Waals surface area contributed by atoms with Gasteiger partial charge in [-0.2, -0.15) is 0 Å². The van der Waals surface area contributed by atoms with E-state index in [1.807, 2.05) is 12.3 Å². The van der Waals surface area contributed by atoms with Gasteiger partial charge in [0.2, 0.25) is 0 Å². The van der Waals surface area contributed by atoms with Crippen molar-refractivity contribution in [3.63, 3.8) is 0 Å². The van der Waals surface area contributed by atoms with Crippen molar-refractivity contribution in [2.24, 2.45) is 0 Å². The van der Waals surface area contributed by atoms with E-state index in [9.17, 15) is 0 Å². The van der Waals surface area contributed by atoms with Crippen LogP contribution in [0.15, 0.2) is 22.9 Å². The lowest BCUT2D eigenvalue weighted by Crippen LogP contribution is -2.29. The van der Waals surface area contributed by atoms with Crippen molar-refractivity contribution in [2.45, 2.75) is 12.8 Å². The van der Waals surface area contributed by atoms with Gasteiger partial charge < -0.3 is 14.8 Å². The molecule has 1 aromatic rings. The fourth-order valence-corrected chi connectivity index (χ4v) is 1.56. The van der Waals surface area contributed by atoms with E-state index in [1.165, 1.54) is 0 Å². The second-order valence-corrected chi connectivity index (χ2v) is 3.96. The quantitative estimate of drug-likeness (QED) is 0.800. The molecular formula is C10H15BrN2O2. The highest BCUT2D eigenvalue weighted by atomic mass is 79.9. The van der Waals surface area contributed by atoms with Gasteiger partial charge in [-0.05, 0) is 27.6 Å². The summed E-state index contributed by atoms with van der Waals surface area (Å²) in [7, 11) is 3.24. The zero-order valence-electron chi connectivity index (χ0n) is 8.87. The average Bonchev–Trinajstić information content (AvgIpc) is 2.25. The van der Waals surface area contributed by atoms with E-state index in [1.54, 1.807) is 20.4 Å². The Bertz CT molecular complexity index is 293. The molecule has 1 heterocycles. The molecule has 0 atom stereocenters. The third-order valence-corrected chi connectivity index (χ3v) is 2.36. The summed E-state index contributed by atoms with van der Waals surface area (Å²) in [5, 5.41) is 3.22. The molecule has 4 nitrogen and oxygen atoms in total. The van der Waals surface area contributed by atoms with Crippen molar-refractivity contribution in [2.75, 3.05) is 20.8 Å². The maximum absolute atomic E-state index is 5.05. The summed E-state index contributed by atoms with van der Waals surface area (Å²) in [5.74, 6) is 0. The second kappa shape index (κ2) is 6.90. The van der Waals surface area contributed by atoms with Crippen molar-refractivity contribution in [3.05, 3.63) is 28.5 Å². The van der Waals surface area contributed by atoms with Crippen LogP contribution in [-0.2, 0) is 16.0 Å². The van der Waals surface area contributed by atoms with Crippen LogP contribution in [0.1, 0.15) is 5.56 Å². The van der Waals surface area contributed by atoms with Crippen LogP contribution in [0.2, 0.25) is 0 Å². The zero-order chi connectivity index (χ0) is 11.1. The van der Waals surface area contributed by atoms with Crippen LogP contribution in [0.5, 0.6) is 0 Å². The summed E-state index contributed by atoms with van der Waals surface area (Å²) in [6.07, 6.45) is 3.38. The van der Waals surface area contributed by atoms with E-state index < -0.39 is 0 Å². The number of aromatic nitrogens is 1. The minimum atomic E-state index is -0.204. The van der Waals surface area contributed by atoms with Gasteiger partial charge >= 0.3 is 0 Å². The second-order valence-electron chi connectivity index (χ2n) is 3.04. The van der Waals surface area contributed by atoms with Gasteiger partial charge in [0.1, 0.15) is 0 Å². The number of ether oxygens (including phenoxy) is 2. The molecule has 0 aliphatic rings. The third kappa shape index (κ3) is 4.70. The fraction of sp³-hybridized carbons (Fsp3) is 0.500. The van der Waals surface area contributed by atoms with Gasteiger partial charge in [-0.25, -0.2) is 0 Å². The Morgan fingerprint density at radius 2 is 2.13 bits per heavy atom. The maximum atomic E-state index is 5.05. The number of methoxy groups -OCH3 is 2. The first kappa shape index (κ1) is 12.6. The number of rotatable bonds is 6. The first-order chi connectivity index (χ1) is 7.26. The van der Waals surface area contributed by atoms with Gasteiger partial charge in [-0.1, -0.05) is 0 Å². The van der Waals surface area contributed by atoms with Crippen molar-refractivity contribution < 1.29 is 9.47 Å². The van der Waals surface area contributed by atoms with Crippen molar-refractivity contribution in [1.82, 2.24) is 10.3 Å². The minimum Gasteiger partial charge on any atom is -0.355 e. The molecule has 5 heteroatoms. The number of nitrogens with one attached hydrogen (secondary N) is 1. The molecule has 0 saturated heterocycles. The summed E-state index contributed by atoms with van der Waals surface area (Å²) < 4.78 is 11.1. The molecule has 0 bridgehead atoms. The first-order valence-corrected chi connectivity index (χ1v) is 5.41. The van der Waals surface area contributed by atoms with Gasteiger partial charge in [0.15, 0.2) is 6.29 Å². The fourth-order valence-electron chi connectivity index (χ4n) is 1.15. The lowest BCUT2D eigenvalue weighted by atomic mass is 10.3. The summed E-state index contributed by atoms with van der Waals surface area (Å²) in [4.78, 5) is 4.07. The van der Waals surface area contributed by atoms with Crippen LogP contribution in [0, 0.1) is 0 Å². The molecule has 0 fully saturated rings. The van der Waals surface area contributed by atoms with Gasteiger partial charge in [-0.3, -0.25) is 4.98 Å². The van der Waals surface area contributed by atoms with Crippen molar-refractivity contribution in [3.8, 4) is 0 Å². The third-order valence-electron chi connectivity index (χ3n) is 1.93. The number of hydrogen-bond acceptors (Lipinski definition) is 4. The molecule has 0 aromatic carbocycles. The minimum absolute atomic E-state index is 0.204. The number of nitrogens with zero attached hydrogens (tertiary/aromatic N) is 1. The maximum Gasteiger partial charge on any atom is 0.169 e. The van der Waals surface area contributed by atoms with E-state index in [0.29, 0.717) is 6.54 Å². The number of hydrogen-bond donors (Lipinski definition) is 1. The average molecular weight is 275 g/mol. The van der Waals surface area contributed by atoms with Crippen molar-refractivity contribution >= 4 is 15.9 Å². The SMILES string of the molecule is COC(CNCc1cncc(Br)c1)OC. The molecule has 84 valence electrons. The van der Waals surface area contributed by atoms with Crippen LogP contribution in [0.3, 0.4) is 0 Å². The Hall–Kier alpha value is -0.490. The van der Waals surface area contributed by atoms with Crippen LogP contribution in [-0.4, -0.2) is 32.0 Å². The highest BCUT2D eigenvalue weighted by molar-refractivity contribution is 9.10. The summed E-state index contributed by atoms with van der Waals surface area (Å²) in [6.45, 7) is 1.40.